The highest BCUT2D eigenvalue weighted by molar-refractivity contribution is 8.14. The van der Waals surface area contributed by atoms with Crippen molar-refractivity contribution in [1.29, 1.82) is 0 Å². The zero-order chi connectivity index (χ0) is 30.7. The van der Waals surface area contributed by atoms with Crippen LogP contribution in [0.1, 0.15) is 20.8 Å². The van der Waals surface area contributed by atoms with E-state index in [0.29, 0.717) is 0 Å². The van der Waals surface area contributed by atoms with E-state index in [1.54, 1.807) is 0 Å². The van der Waals surface area contributed by atoms with Gasteiger partial charge in [-0.1, -0.05) is 37.4 Å². The number of thioether (sulfide) groups is 2. The van der Waals surface area contributed by atoms with Gasteiger partial charge < -0.3 is 40.2 Å². The molecule has 236 valence electrons. The monoisotopic (exact) mass is 642 g/mol. The summed E-state index contributed by atoms with van der Waals surface area (Å²) in [5, 5.41) is 34.2. The Balaban J connectivity index is 0.000000228. The summed E-state index contributed by atoms with van der Waals surface area (Å²) >= 11 is 2.05. The summed E-state index contributed by atoms with van der Waals surface area (Å²) in [5.74, 6) is -0.115. The highest BCUT2D eigenvalue weighted by Gasteiger charge is 2.49. The molecule has 4 rings (SSSR count). The van der Waals surface area contributed by atoms with E-state index in [1.165, 1.54) is 6.92 Å². The minimum Gasteiger partial charge on any atom is -0.463 e. The van der Waals surface area contributed by atoms with Gasteiger partial charge in [-0.05, 0) is 11.8 Å². The van der Waals surface area contributed by atoms with Crippen LogP contribution in [0.3, 0.4) is 0 Å². The lowest BCUT2D eigenvalue weighted by atomic mass is 9.83. The first-order valence-electron chi connectivity index (χ1n) is 12.5. The van der Waals surface area contributed by atoms with Crippen molar-refractivity contribution in [1.82, 2.24) is 10.6 Å². The molecule has 0 unspecified atom stereocenters. The van der Waals surface area contributed by atoms with Gasteiger partial charge in [0, 0.05) is 6.92 Å². The maximum atomic E-state index is 12.2. The normalized spacial score (nSPS) is 38.8. The molecule has 11 nitrogen and oxygen atoms in total. The van der Waals surface area contributed by atoms with Crippen LogP contribution < -0.4 is 10.6 Å². The van der Waals surface area contributed by atoms with Crippen LogP contribution in [0.5, 0.6) is 0 Å². The molecule has 0 spiro atoms. The first kappa shape index (κ1) is 34.0. The summed E-state index contributed by atoms with van der Waals surface area (Å²) in [5.41, 5.74) is -1.01. The predicted molar refractivity (Wildman–Crippen MR) is 137 cm³/mol. The Labute approximate surface area is 239 Å². The third kappa shape index (κ3) is 9.49. The molecule has 0 aliphatic carbocycles. The van der Waals surface area contributed by atoms with Crippen molar-refractivity contribution in [2.75, 3.05) is 26.3 Å². The molecule has 4 aliphatic heterocycles. The van der Waals surface area contributed by atoms with Crippen molar-refractivity contribution >= 4 is 39.8 Å². The Morgan fingerprint density at radius 3 is 1.85 bits per heavy atom. The van der Waals surface area contributed by atoms with Crippen LogP contribution in [-0.4, -0.2) is 118 Å². The number of hydrogen-bond acceptors (Lipinski definition) is 11. The van der Waals surface area contributed by atoms with Gasteiger partial charge >= 0.3 is 18.3 Å². The molecule has 10 atom stereocenters. The Kier molecular flexibility index (Phi) is 11.5. The number of alkyl halides is 6. The molecule has 5 N–H and O–H groups in total. The average Bonchev–Trinajstić information content (AvgIpc) is 3.48. The number of carbonyl (C=O) groups is 1. The summed E-state index contributed by atoms with van der Waals surface area (Å²) in [6.45, 7) is 2.44. The fourth-order valence-corrected chi connectivity index (χ4v) is 6.74. The molecule has 0 radical (unpaired) electrons. The van der Waals surface area contributed by atoms with Gasteiger partial charge in [-0.2, -0.15) is 26.3 Å². The van der Waals surface area contributed by atoms with Crippen LogP contribution in [0.15, 0.2) is 9.98 Å². The highest BCUT2D eigenvalue weighted by atomic mass is 32.2. The molecule has 4 saturated heterocycles. The predicted octanol–water partition coefficient (Wildman–Crippen LogP) is 1.22. The molecule has 4 aliphatic rings. The van der Waals surface area contributed by atoms with Gasteiger partial charge in [0.15, 0.2) is 10.3 Å². The van der Waals surface area contributed by atoms with Crippen molar-refractivity contribution in [3.8, 4) is 0 Å². The standard InChI is InChI=1S/C13H19F3N2O3S.C9H13F3N2O4S/c1-6-7(2)10-11(21-9(6)4-20-8(3)19)22-12(18-10)17-5-13(14,15)16;10-9(11,12)2-13-8-14-4-6(17)5(16)3(1-15)18-7(4)19-8/h6-7,9-11H,4-5H2,1-3H3,(H,17,18);3-7,15-17H,1-2H2,(H,13,14)/t6-,7-,9+,10+,11+;3-,4-,5-,6-,7-/m01/s1. The maximum absolute atomic E-state index is 12.2. The van der Waals surface area contributed by atoms with E-state index >= 15 is 0 Å². The minimum atomic E-state index is -4.41. The first-order chi connectivity index (χ1) is 19.0. The maximum Gasteiger partial charge on any atom is 0.408 e. The number of rotatable bonds is 5. The van der Waals surface area contributed by atoms with Gasteiger partial charge in [0.2, 0.25) is 0 Å². The van der Waals surface area contributed by atoms with E-state index in [0.717, 1.165) is 23.5 Å². The summed E-state index contributed by atoms with van der Waals surface area (Å²) in [4.78, 5) is 17.8. The molecule has 0 bridgehead atoms. The van der Waals surface area contributed by atoms with E-state index in [4.69, 9.17) is 19.3 Å². The van der Waals surface area contributed by atoms with Gasteiger partial charge in [0.05, 0.1) is 24.8 Å². The fourth-order valence-electron chi connectivity index (χ4n) is 4.38. The van der Waals surface area contributed by atoms with Gasteiger partial charge in [0.1, 0.15) is 48.9 Å². The van der Waals surface area contributed by atoms with Crippen molar-refractivity contribution in [3.05, 3.63) is 0 Å². The number of halogens is 6. The van der Waals surface area contributed by atoms with Crippen molar-refractivity contribution in [3.63, 3.8) is 0 Å². The molecule has 41 heavy (non-hydrogen) atoms. The largest absolute Gasteiger partial charge is 0.463 e. The molecular weight excluding hydrogens is 610 g/mol. The molecule has 0 aromatic heterocycles. The van der Waals surface area contributed by atoms with E-state index in [2.05, 4.69) is 20.6 Å². The van der Waals surface area contributed by atoms with Crippen molar-refractivity contribution in [2.45, 2.75) is 80.5 Å². The summed E-state index contributed by atoms with van der Waals surface area (Å²) < 4.78 is 89.0. The Morgan fingerprint density at radius 1 is 0.878 bits per heavy atom. The summed E-state index contributed by atoms with van der Waals surface area (Å²) in [6, 6.07) is -0.852. The third-order valence-corrected chi connectivity index (χ3v) is 8.97. The van der Waals surface area contributed by atoms with E-state index < -0.39 is 61.8 Å². The van der Waals surface area contributed by atoms with Gasteiger partial charge in [-0.3, -0.25) is 14.8 Å². The van der Waals surface area contributed by atoms with Crippen LogP contribution >= 0.6 is 23.5 Å². The van der Waals surface area contributed by atoms with Crippen LogP contribution in [0.25, 0.3) is 0 Å². The van der Waals surface area contributed by atoms with Crippen LogP contribution in [0.4, 0.5) is 26.3 Å². The molecule has 19 heteroatoms. The average molecular weight is 643 g/mol. The zero-order valence-corrected chi connectivity index (χ0v) is 23.7. The minimum absolute atomic E-state index is 0.00263. The Morgan fingerprint density at radius 2 is 1.37 bits per heavy atom. The van der Waals surface area contributed by atoms with E-state index in [-0.39, 0.29) is 52.3 Å². The number of esters is 1. The molecule has 4 heterocycles. The number of aliphatic hydroxyl groups is 3. The molecule has 0 aromatic rings. The number of nitrogens with zero attached hydrogens (tertiary/aromatic N) is 2. The van der Waals surface area contributed by atoms with Crippen molar-refractivity contribution in [2.24, 2.45) is 21.8 Å². The SMILES string of the molecule is CC(=O)OC[C@H]1O[C@@H]2SC(=NCC(F)(F)F)N[C@@H]2[C@@H](C)[C@@H]1C.OC[C@H]1O[C@@H]2SC(=NCC(F)(F)F)N[C@@H]2[C@@H](O)[C@@H]1O. The molecule has 4 fully saturated rings. The second kappa shape index (κ2) is 13.9. The van der Waals surface area contributed by atoms with Gasteiger partial charge in [-0.25, -0.2) is 0 Å². The summed E-state index contributed by atoms with van der Waals surface area (Å²) in [7, 11) is 0. The second-order valence-electron chi connectivity index (χ2n) is 9.82. The molecule has 0 saturated carbocycles. The third-order valence-electron chi connectivity index (χ3n) is 6.76. The molecule has 0 aromatic carbocycles. The van der Waals surface area contributed by atoms with Crippen LogP contribution in [0, 0.1) is 11.8 Å². The quantitative estimate of drug-likeness (QED) is 0.217. The van der Waals surface area contributed by atoms with Gasteiger partial charge in [-0.15, -0.1) is 0 Å². The Hall–Kier alpha value is -1.51. The van der Waals surface area contributed by atoms with Gasteiger partial charge in [0.25, 0.3) is 0 Å². The number of aliphatic imine (C=N–C) groups is 2. The lowest BCUT2D eigenvalue weighted by molar-refractivity contribution is -0.167. The molecule has 0 amide bonds. The number of hydrogen-bond donors (Lipinski definition) is 5. The molecular formula is C22H32F6N4O7S2. The van der Waals surface area contributed by atoms with E-state index in [1.807, 2.05) is 13.8 Å². The number of fused-ring (bicyclic) bond motifs is 2. The van der Waals surface area contributed by atoms with Crippen LogP contribution in [-0.2, 0) is 19.0 Å². The number of nitrogens with one attached hydrogen (secondary N) is 2. The zero-order valence-electron chi connectivity index (χ0n) is 22.1. The number of amidine groups is 2. The van der Waals surface area contributed by atoms with Crippen molar-refractivity contribution < 1.29 is 60.7 Å². The fraction of sp³-hybridized carbons (Fsp3) is 0.864. The smallest absolute Gasteiger partial charge is 0.408 e. The lowest BCUT2D eigenvalue weighted by Crippen LogP contribution is -2.59. The van der Waals surface area contributed by atoms with E-state index in [9.17, 15) is 41.4 Å². The Bertz CT molecular complexity index is 976. The topological polar surface area (TPSA) is 154 Å². The van der Waals surface area contributed by atoms with Crippen LogP contribution in [0.2, 0.25) is 0 Å². The number of carbonyl (C=O) groups excluding carboxylic acids is 1. The summed E-state index contributed by atoms with van der Waals surface area (Å²) in [6.07, 6.45) is -12.5. The number of aliphatic hydroxyl groups excluding tert-OH is 3. The second-order valence-corrected chi connectivity index (χ2v) is 12.0. The lowest BCUT2D eigenvalue weighted by Gasteiger charge is -2.40. The number of ether oxygens (including phenoxy) is 3. The highest BCUT2D eigenvalue weighted by Crippen LogP contribution is 2.40. The first-order valence-corrected chi connectivity index (χ1v) is 14.2.